The summed E-state index contributed by atoms with van der Waals surface area (Å²) in [5, 5.41) is 3.44. The highest BCUT2D eigenvalue weighted by molar-refractivity contribution is 5.77. The van der Waals surface area contributed by atoms with Crippen LogP contribution in [0.2, 0.25) is 0 Å². The average molecular weight is 281 g/mol. The van der Waals surface area contributed by atoms with E-state index in [2.05, 4.69) is 10.2 Å². The molecule has 1 saturated carbocycles. The molecule has 0 aromatic carbocycles. The third-order valence-electron chi connectivity index (χ3n) is 5.21. The molecule has 0 aromatic heterocycles. The first-order chi connectivity index (χ1) is 9.65. The highest BCUT2D eigenvalue weighted by Gasteiger charge is 2.33. The molecule has 1 aliphatic carbocycles. The van der Waals surface area contributed by atoms with E-state index in [4.69, 9.17) is 0 Å². The van der Waals surface area contributed by atoms with Gasteiger partial charge in [-0.3, -0.25) is 4.79 Å². The SMILES string of the molecule is CNC1(CC(=O)N(C)CCN2CCCC2)CCCCC1. The van der Waals surface area contributed by atoms with Crippen LogP contribution < -0.4 is 5.32 Å². The van der Waals surface area contributed by atoms with Crippen LogP contribution in [0.3, 0.4) is 0 Å². The quantitative estimate of drug-likeness (QED) is 0.807. The Hall–Kier alpha value is -0.610. The highest BCUT2D eigenvalue weighted by Crippen LogP contribution is 2.31. The minimum absolute atomic E-state index is 0.0667. The summed E-state index contributed by atoms with van der Waals surface area (Å²) in [4.78, 5) is 16.9. The van der Waals surface area contributed by atoms with Crippen LogP contribution in [0.1, 0.15) is 51.4 Å². The summed E-state index contributed by atoms with van der Waals surface area (Å²) in [6.45, 7) is 4.33. The smallest absolute Gasteiger partial charge is 0.224 e. The maximum Gasteiger partial charge on any atom is 0.224 e. The van der Waals surface area contributed by atoms with Crippen LogP contribution in [-0.2, 0) is 4.79 Å². The Bertz CT molecular complexity index is 307. The van der Waals surface area contributed by atoms with E-state index < -0.39 is 0 Å². The Morgan fingerprint density at radius 2 is 1.80 bits per heavy atom. The van der Waals surface area contributed by atoms with Gasteiger partial charge in [0.05, 0.1) is 0 Å². The van der Waals surface area contributed by atoms with E-state index in [0.29, 0.717) is 12.3 Å². The molecule has 2 rings (SSSR count). The highest BCUT2D eigenvalue weighted by atomic mass is 16.2. The molecule has 1 aliphatic heterocycles. The Balaban J connectivity index is 1.76. The van der Waals surface area contributed by atoms with Gasteiger partial charge in [0.15, 0.2) is 0 Å². The lowest BCUT2D eigenvalue weighted by atomic mass is 9.79. The van der Waals surface area contributed by atoms with Gasteiger partial charge in [-0.1, -0.05) is 19.3 Å². The number of hydrogen-bond donors (Lipinski definition) is 1. The van der Waals surface area contributed by atoms with Crippen LogP contribution in [0.25, 0.3) is 0 Å². The van der Waals surface area contributed by atoms with E-state index >= 15 is 0 Å². The zero-order chi connectivity index (χ0) is 14.4. The fourth-order valence-corrected chi connectivity index (χ4v) is 3.59. The van der Waals surface area contributed by atoms with E-state index in [0.717, 1.165) is 25.9 Å². The molecule has 2 fully saturated rings. The number of carbonyl (C=O) groups excluding carboxylic acids is 1. The van der Waals surface area contributed by atoms with E-state index in [9.17, 15) is 4.79 Å². The van der Waals surface area contributed by atoms with Gasteiger partial charge in [-0.25, -0.2) is 0 Å². The van der Waals surface area contributed by atoms with Crippen molar-refractivity contribution in [3.8, 4) is 0 Å². The van der Waals surface area contributed by atoms with Gasteiger partial charge in [0.25, 0.3) is 0 Å². The first-order valence-corrected chi connectivity index (χ1v) is 8.30. The summed E-state index contributed by atoms with van der Waals surface area (Å²) in [6, 6.07) is 0. The molecule has 0 bridgehead atoms. The van der Waals surface area contributed by atoms with Crippen molar-refractivity contribution in [1.82, 2.24) is 15.1 Å². The second kappa shape index (κ2) is 7.41. The number of likely N-dealkylation sites (tertiary alicyclic amines) is 1. The Morgan fingerprint density at radius 1 is 1.15 bits per heavy atom. The summed E-state index contributed by atoms with van der Waals surface area (Å²) < 4.78 is 0. The Kier molecular flexibility index (Phi) is 5.85. The fraction of sp³-hybridized carbons (Fsp3) is 0.938. The largest absolute Gasteiger partial charge is 0.344 e. The van der Waals surface area contributed by atoms with Crippen LogP contribution in [0.15, 0.2) is 0 Å². The average Bonchev–Trinajstić information content (AvgIpc) is 2.99. The van der Waals surface area contributed by atoms with E-state index in [-0.39, 0.29) is 5.54 Å². The molecular weight excluding hydrogens is 250 g/mol. The lowest BCUT2D eigenvalue weighted by Gasteiger charge is -2.37. The molecule has 1 heterocycles. The minimum Gasteiger partial charge on any atom is -0.344 e. The molecular formula is C16H31N3O. The third kappa shape index (κ3) is 4.19. The molecule has 0 aromatic rings. The number of amides is 1. The van der Waals surface area contributed by atoms with Crippen LogP contribution >= 0.6 is 0 Å². The molecule has 20 heavy (non-hydrogen) atoms. The zero-order valence-electron chi connectivity index (χ0n) is 13.3. The van der Waals surface area contributed by atoms with Crippen molar-refractivity contribution in [3.05, 3.63) is 0 Å². The van der Waals surface area contributed by atoms with Crippen molar-refractivity contribution >= 4 is 5.91 Å². The minimum atomic E-state index is 0.0667. The van der Waals surface area contributed by atoms with E-state index in [1.54, 1.807) is 0 Å². The van der Waals surface area contributed by atoms with Gasteiger partial charge >= 0.3 is 0 Å². The summed E-state index contributed by atoms with van der Waals surface area (Å²) in [7, 11) is 3.98. The number of nitrogens with zero attached hydrogens (tertiary/aromatic N) is 2. The van der Waals surface area contributed by atoms with Crippen LogP contribution in [0, 0.1) is 0 Å². The number of nitrogens with one attached hydrogen (secondary N) is 1. The number of likely N-dealkylation sites (N-methyl/N-ethyl adjacent to an activating group) is 1. The molecule has 1 saturated heterocycles. The van der Waals surface area contributed by atoms with Crippen molar-refractivity contribution in [2.45, 2.75) is 56.9 Å². The molecule has 0 unspecified atom stereocenters. The van der Waals surface area contributed by atoms with Gasteiger partial charge in [0, 0.05) is 32.1 Å². The molecule has 2 aliphatic rings. The van der Waals surface area contributed by atoms with Crippen LogP contribution in [0.5, 0.6) is 0 Å². The second-order valence-corrected chi connectivity index (χ2v) is 6.63. The molecule has 1 amide bonds. The Morgan fingerprint density at radius 3 is 2.40 bits per heavy atom. The van der Waals surface area contributed by atoms with Crippen molar-refractivity contribution in [2.75, 3.05) is 40.3 Å². The van der Waals surface area contributed by atoms with Crippen LogP contribution in [-0.4, -0.2) is 61.5 Å². The molecule has 4 heteroatoms. The van der Waals surface area contributed by atoms with Gasteiger partial charge < -0.3 is 15.1 Å². The van der Waals surface area contributed by atoms with Gasteiger partial charge in [-0.15, -0.1) is 0 Å². The summed E-state index contributed by atoms with van der Waals surface area (Å²) in [5.41, 5.74) is 0.0667. The second-order valence-electron chi connectivity index (χ2n) is 6.63. The topological polar surface area (TPSA) is 35.6 Å². The third-order valence-corrected chi connectivity index (χ3v) is 5.21. The summed E-state index contributed by atoms with van der Waals surface area (Å²) in [5.74, 6) is 0.306. The normalized spacial score (nSPS) is 22.9. The van der Waals surface area contributed by atoms with Gasteiger partial charge in [-0.05, 0) is 45.8 Å². The number of hydrogen-bond acceptors (Lipinski definition) is 3. The summed E-state index contributed by atoms with van der Waals surface area (Å²) in [6.07, 6.45) is 9.44. The molecule has 116 valence electrons. The first kappa shape index (κ1) is 15.8. The predicted molar refractivity (Wildman–Crippen MR) is 82.8 cm³/mol. The Labute approximate surface area is 123 Å². The maximum absolute atomic E-state index is 12.4. The molecule has 4 nitrogen and oxygen atoms in total. The van der Waals surface area contributed by atoms with Gasteiger partial charge in [-0.2, -0.15) is 0 Å². The van der Waals surface area contributed by atoms with Crippen molar-refractivity contribution < 1.29 is 4.79 Å². The van der Waals surface area contributed by atoms with Gasteiger partial charge in [0.1, 0.15) is 0 Å². The predicted octanol–water partition coefficient (Wildman–Crippen LogP) is 1.85. The number of carbonyl (C=O) groups is 1. The zero-order valence-corrected chi connectivity index (χ0v) is 13.3. The molecule has 1 N–H and O–H groups in total. The lowest BCUT2D eigenvalue weighted by Crippen LogP contribution is -2.49. The number of rotatable bonds is 6. The first-order valence-electron chi connectivity index (χ1n) is 8.30. The lowest BCUT2D eigenvalue weighted by molar-refractivity contribution is -0.132. The standard InChI is InChI=1S/C16H31N3O/c1-17-16(8-4-3-5-9-16)14-15(20)18(2)12-13-19-10-6-7-11-19/h17H,3-14H2,1-2H3. The van der Waals surface area contributed by atoms with Crippen molar-refractivity contribution in [1.29, 1.82) is 0 Å². The molecule has 0 spiro atoms. The van der Waals surface area contributed by atoms with Crippen molar-refractivity contribution in [2.24, 2.45) is 0 Å². The maximum atomic E-state index is 12.4. The van der Waals surface area contributed by atoms with Crippen molar-refractivity contribution in [3.63, 3.8) is 0 Å². The summed E-state index contributed by atoms with van der Waals surface area (Å²) >= 11 is 0. The molecule has 0 radical (unpaired) electrons. The van der Waals surface area contributed by atoms with Crippen LogP contribution in [0.4, 0.5) is 0 Å². The van der Waals surface area contributed by atoms with Gasteiger partial charge in [0.2, 0.25) is 5.91 Å². The fourth-order valence-electron chi connectivity index (χ4n) is 3.59. The van der Waals surface area contributed by atoms with E-state index in [1.165, 1.54) is 45.2 Å². The van der Waals surface area contributed by atoms with E-state index in [1.807, 2.05) is 19.0 Å². The molecule has 0 atom stereocenters. The monoisotopic (exact) mass is 281 g/mol.